The van der Waals surface area contributed by atoms with Crippen molar-refractivity contribution in [3.63, 3.8) is 0 Å². The van der Waals surface area contributed by atoms with E-state index in [1.165, 1.54) is 0 Å². The third kappa shape index (κ3) is 6.35. The van der Waals surface area contributed by atoms with Crippen LogP contribution in [0.15, 0.2) is 0 Å². The molecule has 0 saturated carbocycles. The largest absolute Gasteiger partial charge is 0.350 e. The van der Waals surface area contributed by atoms with Crippen LogP contribution >= 0.6 is 8.38 Å². The first-order chi connectivity index (χ1) is 3.77. The highest BCUT2D eigenvalue weighted by molar-refractivity contribution is 7.45. The minimum Gasteiger partial charge on any atom is -0.350 e. The maximum Gasteiger partial charge on any atom is 0.164 e. The molecule has 3 heteroatoms. The summed E-state index contributed by atoms with van der Waals surface area (Å²) in [7, 11) is -1.11. The van der Waals surface area contributed by atoms with Crippen molar-refractivity contribution in [1.82, 2.24) is 0 Å². The van der Waals surface area contributed by atoms with Gasteiger partial charge in [0, 0.05) is 6.66 Å². The molecule has 0 aromatic heterocycles. The Hall–Kier alpha value is 0.350. The van der Waals surface area contributed by atoms with Crippen LogP contribution in [-0.2, 0) is 4.52 Å². The second-order valence-corrected chi connectivity index (χ2v) is 2.84. The highest BCUT2D eigenvalue weighted by atomic mass is 31.2. The van der Waals surface area contributed by atoms with Crippen LogP contribution in [0.5, 0.6) is 0 Å². The van der Waals surface area contributed by atoms with Crippen molar-refractivity contribution in [1.29, 1.82) is 0 Å². The predicted octanol–water partition coefficient (Wildman–Crippen LogP) is 1.74. The summed E-state index contributed by atoms with van der Waals surface area (Å²) >= 11 is 0. The van der Waals surface area contributed by atoms with E-state index in [9.17, 15) is 0 Å². The van der Waals surface area contributed by atoms with E-state index >= 15 is 0 Å². The van der Waals surface area contributed by atoms with Gasteiger partial charge in [0.1, 0.15) is 0 Å². The van der Waals surface area contributed by atoms with Gasteiger partial charge in [-0.25, -0.2) is 0 Å². The van der Waals surface area contributed by atoms with Gasteiger partial charge in [-0.3, -0.25) is 0 Å². The van der Waals surface area contributed by atoms with Crippen LogP contribution in [0.2, 0.25) is 0 Å². The van der Waals surface area contributed by atoms with Crippen molar-refractivity contribution in [2.45, 2.75) is 19.8 Å². The maximum absolute atomic E-state index is 8.62. The van der Waals surface area contributed by atoms with Gasteiger partial charge in [0.05, 0.1) is 6.61 Å². The maximum atomic E-state index is 8.62. The topological polar surface area (TPSA) is 29.5 Å². The minimum absolute atomic E-state index is 0.704. The molecule has 0 aliphatic carbocycles. The van der Waals surface area contributed by atoms with Gasteiger partial charge in [-0.1, -0.05) is 13.3 Å². The minimum atomic E-state index is -1.11. The molecule has 1 atom stereocenters. The molecule has 2 nitrogen and oxygen atoms in total. The lowest BCUT2D eigenvalue weighted by atomic mass is 10.4. The van der Waals surface area contributed by atoms with Crippen LogP contribution in [0, 0.1) is 0 Å². The van der Waals surface area contributed by atoms with Gasteiger partial charge in [0.2, 0.25) is 0 Å². The van der Waals surface area contributed by atoms with Crippen LogP contribution in [0.25, 0.3) is 0 Å². The van der Waals surface area contributed by atoms with Gasteiger partial charge in [0.25, 0.3) is 0 Å². The number of hydrogen-bond acceptors (Lipinski definition) is 2. The van der Waals surface area contributed by atoms with Crippen molar-refractivity contribution in [2.75, 3.05) is 13.3 Å². The lowest BCUT2D eigenvalue weighted by molar-refractivity contribution is 0.306. The molecule has 8 heavy (non-hydrogen) atoms. The first-order valence-corrected chi connectivity index (χ1v) is 4.49. The summed E-state index contributed by atoms with van der Waals surface area (Å²) in [5.41, 5.74) is 0. The predicted molar refractivity (Wildman–Crippen MR) is 35.9 cm³/mol. The SMILES string of the molecule is CCCCOP(C)O. The summed E-state index contributed by atoms with van der Waals surface area (Å²) in [5.74, 6) is 0. The Balaban J connectivity index is 2.72. The molecule has 0 rings (SSSR count). The van der Waals surface area contributed by atoms with Crippen molar-refractivity contribution in [3.8, 4) is 0 Å². The average Bonchev–Trinajstić information content (AvgIpc) is 1.66. The summed E-state index contributed by atoms with van der Waals surface area (Å²) in [5, 5.41) is 0. The van der Waals surface area contributed by atoms with Crippen LogP contribution < -0.4 is 0 Å². The van der Waals surface area contributed by atoms with Crippen molar-refractivity contribution < 1.29 is 9.42 Å². The highest BCUT2D eigenvalue weighted by Crippen LogP contribution is 2.24. The van der Waals surface area contributed by atoms with Crippen LogP contribution in [0.4, 0.5) is 0 Å². The van der Waals surface area contributed by atoms with Gasteiger partial charge in [0.15, 0.2) is 8.38 Å². The molecule has 0 fully saturated rings. The van der Waals surface area contributed by atoms with Crippen molar-refractivity contribution in [2.24, 2.45) is 0 Å². The van der Waals surface area contributed by atoms with E-state index < -0.39 is 8.38 Å². The normalized spacial score (nSPS) is 13.9. The fraction of sp³-hybridized carbons (Fsp3) is 1.00. The van der Waals surface area contributed by atoms with Gasteiger partial charge < -0.3 is 9.42 Å². The van der Waals surface area contributed by atoms with E-state index in [4.69, 9.17) is 9.42 Å². The molecule has 0 aromatic carbocycles. The standard InChI is InChI=1S/C5H13O2P/c1-3-4-5-7-8(2)6/h6H,3-5H2,1-2H3. The molecule has 0 radical (unpaired) electrons. The zero-order valence-electron chi connectivity index (χ0n) is 5.42. The molecule has 0 amide bonds. The van der Waals surface area contributed by atoms with Crippen molar-refractivity contribution >= 4 is 8.38 Å². The van der Waals surface area contributed by atoms with Crippen LogP contribution in [-0.4, -0.2) is 18.2 Å². The summed E-state index contributed by atoms with van der Waals surface area (Å²) in [6.45, 7) is 4.48. The Morgan fingerprint density at radius 2 is 2.25 bits per heavy atom. The van der Waals surface area contributed by atoms with E-state index in [0.29, 0.717) is 6.61 Å². The fourth-order valence-electron chi connectivity index (χ4n) is 0.341. The van der Waals surface area contributed by atoms with Crippen LogP contribution in [0.3, 0.4) is 0 Å². The Morgan fingerprint density at radius 3 is 2.62 bits per heavy atom. The van der Waals surface area contributed by atoms with Gasteiger partial charge >= 0.3 is 0 Å². The first-order valence-electron chi connectivity index (χ1n) is 2.83. The fourth-order valence-corrected chi connectivity index (χ4v) is 0.734. The molecule has 0 bridgehead atoms. The third-order valence-electron chi connectivity index (χ3n) is 0.776. The summed E-state index contributed by atoms with van der Waals surface area (Å²) in [4.78, 5) is 8.62. The molecule has 0 aliphatic rings. The molecule has 0 aromatic rings. The lowest BCUT2D eigenvalue weighted by Gasteiger charge is -2.02. The smallest absolute Gasteiger partial charge is 0.164 e. The molecule has 1 unspecified atom stereocenters. The third-order valence-corrected chi connectivity index (χ3v) is 1.33. The zero-order chi connectivity index (χ0) is 6.41. The molecular weight excluding hydrogens is 123 g/mol. The highest BCUT2D eigenvalue weighted by Gasteiger charge is 1.91. The van der Waals surface area contributed by atoms with Crippen LogP contribution in [0.1, 0.15) is 19.8 Å². The van der Waals surface area contributed by atoms with E-state index in [0.717, 1.165) is 12.8 Å². The van der Waals surface area contributed by atoms with Gasteiger partial charge in [-0.2, -0.15) is 0 Å². The quantitative estimate of drug-likeness (QED) is 0.471. The average molecular weight is 136 g/mol. The van der Waals surface area contributed by atoms with E-state index in [1.54, 1.807) is 6.66 Å². The van der Waals surface area contributed by atoms with E-state index in [2.05, 4.69) is 6.92 Å². The van der Waals surface area contributed by atoms with Gasteiger partial charge in [-0.15, -0.1) is 0 Å². The second-order valence-electron chi connectivity index (χ2n) is 1.65. The first kappa shape index (κ1) is 8.35. The molecule has 0 heterocycles. The Morgan fingerprint density at radius 1 is 1.62 bits per heavy atom. The zero-order valence-corrected chi connectivity index (χ0v) is 6.32. The Kier molecular flexibility index (Phi) is 5.73. The molecule has 1 N–H and O–H groups in total. The summed E-state index contributed by atoms with van der Waals surface area (Å²) < 4.78 is 4.90. The van der Waals surface area contributed by atoms with E-state index in [1.807, 2.05) is 0 Å². The summed E-state index contributed by atoms with van der Waals surface area (Å²) in [6, 6.07) is 0. The molecule has 50 valence electrons. The monoisotopic (exact) mass is 136 g/mol. The number of hydrogen-bond donors (Lipinski definition) is 1. The second kappa shape index (κ2) is 5.49. The molecule has 0 aliphatic heterocycles. The Labute approximate surface area is 51.8 Å². The number of rotatable bonds is 4. The number of unbranched alkanes of at least 4 members (excludes halogenated alkanes) is 1. The molecular formula is C5H13O2P. The lowest BCUT2D eigenvalue weighted by Crippen LogP contribution is -1.85. The molecule has 0 saturated heterocycles. The van der Waals surface area contributed by atoms with Crippen molar-refractivity contribution in [3.05, 3.63) is 0 Å². The Bertz CT molecular complexity index is 47.7. The summed E-state index contributed by atoms with van der Waals surface area (Å²) in [6.07, 6.45) is 2.18. The van der Waals surface area contributed by atoms with E-state index in [-0.39, 0.29) is 0 Å². The molecule has 0 spiro atoms. The van der Waals surface area contributed by atoms with Gasteiger partial charge in [-0.05, 0) is 6.42 Å².